The quantitative estimate of drug-likeness (QED) is 0.545. The Morgan fingerprint density at radius 3 is 2.22 bits per heavy atom. The summed E-state index contributed by atoms with van der Waals surface area (Å²) in [6.07, 6.45) is -0.848. The van der Waals surface area contributed by atoms with Crippen LogP contribution in [0, 0.1) is 20.8 Å². The van der Waals surface area contributed by atoms with Crippen molar-refractivity contribution in [2.45, 2.75) is 40.2 Å². The standard InChI is InChI=1S/C22H26O5/c1-13-9-15(3)19(10-14(13)2)22(24)16(4)27-21(23)11-17-7-8-18(25-5)12-20(17)26-6/h7-10,12,16H,11H2,1-6H3/t16-/m0/s1. The molecule has 0 amide bonds. The number of ketones is 1. The zero-order valence-corrected chi connectivity index (χ0v) is 16.7. The Kier molecular flexibility index (Phi) is 6.61. The second kappa shape index (κ2) is 8.71. The maximum absolute atomic E-state index is 12.7. The van der Waals surface area contributed by atoms with Gasteiger partial charge < -0.3 is 14.2 Å². The summed E-state index contributed by atoms with van der Waals surface area (Å²) < 4.78 is 15.8. The number of methoxy groups -OCH3 is 2. The van der Waals surface area contributed by atoms with Gasteiger partial charge >= 0.3 is 5.97 Å². The molecular weight excluding hydrogens is 344 g/mol. The zero-order valence-electron chi connectivity index (χ0n) is 16.7. The average molecular weight is 370 g/mol. The van der Waals surface area contributed by atoms with Crippen molar-refractivity contribution >= 4 is 11.8 Å². The topological polar surface area (TPSA) is 61.8 Å². The Morgan fingerprint density at radius 1 is 0.926 bits per heavy atom. The maximum atomic E-state index is 12.7. The van der Waals surface area contributed by atoms with Crippen LogP contribution in [0.25, 0.3) is 0 Å². The summed E-state index contributed by atoms with van der Waals surface area (Å²) in [6, 6.07) is 9.02. The fourth-order valence-electron chi connectivity index (χ4n) is 2.89. The molecule has 144 valence electrons. The van der Waals surface area contributed by atoms with Crippen LogP contribution in [0.15, 0.2) is 30.3 Å². The third kappa shape index (κ3) is 4.88. The summed E-state index contributed by atoms with van der Waals surface area (Å²) in [6.45, 7) is 7.44. The van der Waals surface area contributed by atoms with Crippen LogP contribution in [0.3, 0.4) is 0 Å². The molecule has 0 aliphatic heterocycles. The fourth-order valence-corrected chi connectivity index (χ4v) is 2.89. The van der Waals surface area contributed by atoms with Gasteiger partial charge in [-0.3, -0.25) is 9.59 Å². The second-order valence-corrected chi connectivity index (χ2v) is 6.60. The van der Waals surface area contributed by atoms with Crippen molar-refractivity contribution in [3.05, 3.63) is 58.1 Å². The number of aryl methyl sites for hydroxylation is 3. The first-order valence-electron chi connectivity index (χ1n) is 8.79. The summed E-state index contributed by atoms with van der Waals surface area (Å²) in [4.78, 5) is 25.0. The van der Waals surface area contributed by atoms with Crippen LogP contribution in [0.4, 0.5) is 0 Å². The molecule has 0 spiro atoms. The number of rotatable bonds is 7. The summed E-state index contributed by atoms with van der Waals surface area (Å²) in [5.74, 6) is 0.486. The molecule has 0 bridgehead atoms. The smallest absolute Gasteiger partial charge is 0.311 e. The monoisotopic (exact) mass is 370 g/mol. The van der Waals surface area contributed by atoms with Crippen molar-refractivity contribution in [3.63, 3.8) is 0 Å². The highest BCUT2D eigenvalue weighted by Crippen LogP contribution is 2.25. The van der Waals surface area contributed by atoms with E-state index in [-0.39, 0.29) is 12.2 Å². The predicted octanol–water partition coefficient (Wildman–Crippen LogP) is 3.99. The van der Waals surface area contributed by atoms with Gasteiger partial charge in [0.15, 0.2) is 6.10 Å². The molecule has 0 saturated carbocycles. The summed E-state index contributed by atoms with van der Waals surface area (Å²) in [5.41, 5.74) is 4.29. The van der Waals surface area contributed by atoms with Crippen LogP contribution in [0.2, 0.25) is 0 Å². The molecule has 2 aromatic rings. The predicted molar refractivity (Wildman–Crippen MR) is 104 cm³/mol. The van der Waals surface area contributed by atoms with Crippen molar-refractivity contribution < 1.29 is 23.8 Å². The molecule has 2 rings (SSSR count). The number of carbonyl (C=O) groups excluding carboxylic acids is 2. The molecule has 5 heteroatoms. The third-order valence-corrected chi connectivity index (χ3v) is 4.61. The van der Waals surface area contributed by atoms with Crippen LogP contribution < -0.4 is 9.47 Å². The molecule has 5 nitrogen and oxygen atoms in total. The summed E-state index contributed by atoms with van der Waals surface area (Å²) in [5, 5.41) is 0. The molecule has 0 unspecified atom stereocenters. The lowest BCUT2D eigenvalue weighted by Gasteiger charge is -2.16. The van der Waals surface area contributed by atoms with Crippen LogP contribution in [-0.4, -0.2) is 32.1 Å². The molecule has 0 aliphatic rings. The highest BCUT2D eigenvalue weighted by molar-refractivity contribution is 6.01. The Bertz CT molecular complexity index is 854. The van der Waals surface area contributed by atoms with Crippen molar-refractivity contribution in [1.82, 2.24) is 0 Å². The molecule has 0 fully saturated rings. The maximum Gasteiger partial charge on any atom is 0.311 e. The normalized spacial score (nSPS) is 11.6. The number of ether oxygens (including phenoxy) is 3. The van der Waals surface area contributed by atoms with Crippen LogP contribution in [-0.2, 0) is 16.0 Å². The van der Waals surface area contributed by atoms with Crippen LogP contribution in [0.5, 0.6) is 11.5 Å². The Labute approximate surface area is 160 Å². The van der Waals surface area contributed by atoms with Gasteiger partial charge in [-0.05, 0) is 56.5 Å². The van der Waals surface area contributed by atoms with Gasteiger partial charge in [0.25, 0.3) is 0 Å². The first-order chi connectivity index (χ1) is 12.8. The van der Waals surface area contributed by atoms with Gasteiger partial charge in [-0.25, -0.2) is 0 Å². The number of carbonyl (C=O) groups is 2. The molecule has 0 aliphatic carbocycles. The molecule has 0 saturated heterocycles. The third-order valence-electron chi connectivity index (χ3n) is 4.61. The van der Waals surface area contributed by atoms with Gasteiger partial charge in [0.1, 0.15) is 11.5 Å². The minimum atomic E-state index is -0.859. The lowest BCUT2D eigenvalue weighted by Crippen LogP contribution is -2.26. The molecule has 0 radical (unpaired) electrons. The number of Topliss-reactive ketones (excluding diaryl/α,β-unsaturated/α-hetero) is 1. The first kappa shape index (κ1) is 20.5. The minimum absolute atomic E-state index is 0.0106. The fraction of sp³-hybridized carbons (Fsp3) is 0.364. The van der Waals surface area contributed by atoms with Gasteiger partial charge in [0.2, 0.25) is 5.78 Å². The van der Waals surface area contributed by atoms with Gasteiger partial charge in [-0.2, -0.15) is 0 Å². The van der Waals surface area contributed by atoms with Crippen molar-refractivity contribution in [3.8, 4) is 11.5 Å². The number of hydrogen-bond acceptors (Lipinski definition) is 5. The Morgan fingerprint density at radius 2 is 1.59 bits per heavy atom. The molecule has 2 aromatic carbocycles. The number of esters is 1. The summed E-state index contributed by atoms with van der Waals surface area (Å²) in [7, 11) is 3.09. The van der Waals surface area contributed by atoms with E-state index >= 15 is 0 Å². The summed E-state index contributed by atoms with van der Waals surface area (Å²) >= 11 is 0. The van der Waals surface area contributed by atoms with E-state index in [2.05, 4.69) is 0 Å². The van der Waals surface area contributed by atoms with E-state index in [4.69, 9.17) is 14.2 Å². The van der Waals surface area contributed by atoms with E-state index in [1.807, 2.05) is 32.9 Å². The molecule has 0 aromatic heterocycles. The molecule has 0 N–H and O–H groups in total. The minimum Gasteiger partial charge on any atom is -0.497 e. The molecule has 1 atom stereocenters. The number of benzene rings is 2. The lowest BCUT2D eigenvalue weighted by atomic mass is 9.96. The zero-order chi connectivity index (χ0) is 20.1. The molecule has 27 heavy (non-hydrogen) atoms. The van der Waals surface area contributed by atoms with Gasteiger partial charge in [0, 0.05) is 17.2 Å². The molecule has 0 heterocycles. The Hall–Kier alpha value is -2.82. The van der Waals surface area contributed by atoms with Crippen LogP contribution >= 0.6 is 0 Å². The van der Waals surface area contributed by atoms with E-state index in [1.54, 1.807) is 32.2 Å². The van der Waals surface area contributed by atoms with Gasteiger partial charge in [-0.1, -0.05) is 12.1 Å². The van der Waals surface area contributed by atoms with E-state index in [0.29, 0.717) is 22.6 Å². The highest BCUT2D eigenvalue weighted by atomic mass is 16.5. The van der Waals surface area contributed by atoms with Crippen molar-refractivity contribution in [1.29, 1.82) is 0 Å². The second-order valence-electron chi connectivity index (χ2n) is 6.60. The van der Waals surface area contributed by atoms with Crippen molar-refractivity contribution in [2.75, 3.05) is 14.2 Å². The lowest BCUT2D eigenvalue weighted by molar-refractivity contribution is -0.145. The van der Waals surface area contributed by atoms with E-state index in [9.17, 15) is 9.59 Å². The largest absolute Gasteiger partial charge is 0.497 e. The van der Waals surface area contributed by atoms with Crippen molar-refractivity contribution in [2.24, 2.45) is 0 Å². The highest BCUT2D eigenvalue weighted by Gasteiger charge is 2.22. The Balaban J connectivity index is 2.09. The van der Waals surface area contributed by atoms with E-state index < -0.39 is 12.1 Å². The van der Waals surface area contributed by atoms with Gasteiger partial charge in [-0.15, -0.1) is 0 Å². The molecular formula is C22H26O5. The first-order valence-corrected chi connectivity index (χ1v) is 8.79. The average Bonchev–Trinajstić information content (AvgIpc) is 2.64. The van der Waals surface area contributed by atoms with Crippen LogP contribution in [0.1, 0.15) is 39.5 Å². The van der Waals surface area contributed by atoms with E-state index in [0.717, 1.165) is 16.7 Å². The number of hydrogen-bond donors (Lipinski definition) is 0. The van der Waals surface area contributed by atoms with Gasteiger partial charge in [0.05, 0.1) is 20.6 Å². The van der Waals surface area contributed by atoms with E-state index in [1.165, 1.54) is 7.11 Å². The SMILES string of the molecule is COc1ccc(CC(=O)O[C@@H](C)C(=O)c2cc(C)c(C)cc2C)c(OC)c1.